The fourth-order valence-electron chi connectivity index (χ4n) is 2.93. The molecule has 19 heavy (non-hydrogen) atoms. The highest BCUT2D eigenvalue weighted by molar-refractivity contribution is 6.88. The quantitative estimate of drug-likeness (QED) is 0.776. The van der Waals surface area contributed by atoms with Gasteiger partial charge in [0.1, 0.15) is 0 Å². The van der Waals surface area contributed by atoms with E-state index in [0.29, 0.717) is 5.41 Å². The Morgan fingerprint density at radius 1 is 1.11 bits per heavy atom. The number of rotatable bonds is 6. The van der Waals surface area contributed by atoms with Gasteiger partial charge >= 0.3 is 0 Å². The Hall–Kier alpha value is -0.603. The Bertz CT molecular complexity index is 393. The lowest BCUT2D eigenvalue weighted by Crippen LogP contribution is -2.39. The Kier molecular flexibility index (Phi) is 4.52. The SMILES string of the molecule is CCC1(CNCc2ccc([Si](C)(C)C)cc2)CCC1. The largest absolute Gasteiger partial charge is 0.312 e. The van der Waals surface area contributed by atoms with Crippen LogP contribution in [0.2, 0.25) is 19.6 Å². The van der Waals surface area contributed by atoms with Crippen LogP contribution in [0.3, 0.4) is 0 Å². The molecule has 0 aliphatic heterocycles. The maximum absolute atomic E-state index is 3.66. The molecule has 2 heteroatoms. The van der Waals surface area contributed by atoms with Gasteiger partial charge in [0.05, 0.1) is 8.07 Å². The second kappa shape index (κ2) is 5.80. The van der Waals surface area contributed by atoms with E-state index in [1.807, 2.05) is 0 Å². The average molecular weight is 276 g/mol. The lowest BCUT2D eigenvalue weighted by Gasteiger charge is -2.41. The van der Waals surface area contributed by atoms with Gasteiger partial charge < -0.3 is 5.32 Å². The third kappa shape index (κ3) is 3.70. The second-order valence-electron chi connectivity index (χ2n) is 7.26. The number of hydrogen-bond acceptors (Lipinski definition) is 1. The zero-order chi connectivity index (χ0) is 13.9. The summed E-state index contributed by atoms with van der Waals surface area (Å²) in [5.74, 6) is 0. The fourth-order valence-corrected chi connectivity index (χ4v) is 4.09. The normalized spacial score (nSPS) is 18.1. The van der Waals surface area contributed by atoms with Crippen molar-refractivity contribution < 1.29 is 0 Å². The molecule has 0 bridgehead atoms. The van der Waals surface area contributed by atoms with Crippen LogP contribution >= 0.6 is 0 Å². The number of hydrogen-bond donors (Lipinski definition) is 1. The monoisotopic (exact) mass is 275 g/mol. The van der Waals surface area contributed by atoms with E-state index in [4.69, 9.17) is 0 Å². The molecule has 0 aromatic heterocycles. The molecule has 1 fully saturated rings. The molecular weight excluding hydrogens is 246 g/mol. The molecule has 0 heterocycles. The summed E-state index contributed by atoms with van der Waals surface area (Å²) in [6.07, 6.45) is 5.60. The van der Waals surface area contributed by atoms with Crippen molar-refractivity contribution >= 4 is 13.3 Å². The molecule has 0 radical (unpaired) electrons. The Morgan fingerprint density at radius 2 is 1.74 bits per heavy atom. The predicted molar refractivity (Wildman–Crippen MR) is 87.7 cm³/mol. The van der Waals surface area contributed by atoms with Gasteiger partial charge in [-0.2, -0.15) is 0 Å². The summed E-state index contributed by atoms with van der Waals surface area (Å²) in [5, 5.41) is 5.22. The third-order valence-electron chi connectivity index (χ3n) is 4.81. The minimum absolute atomic E-state index is 0.623. The standard InChI is InChI=1S/C17H29NSi/c1-5-17(11-6-12-17)14-18-13-15-7-9-16(10-8-15)19(2,3)4/h7-10,18H,5-6,11-14H2,1-4H3. The zero-order valence-electron chi connectivity index (χ0n) is 13.1. The molecule has 1 saturated carbocycles. The summed E-state index contributed by atoms with van der Waals surface area (Å²) >= 11 is 0. The summed E-state index contributed by atoms with van der Waals surface area (Å²) in [7, 11) is -1.14. The summed E-state index contributed by atoms with van der Waals surface area (Å²) in [5.41, 5.74) is 2.05. The highest BCUT2D eigenvalue weighted by Crippen LogP contribution is 2.43. The van der Waals surface area contributed by atoms with Crippen molar-refractivity contribution in [1.82, 2.24) is 5.32 Å². The molecular formula is C17H29NSi. The highest BCUT2D eigenvalue weighted by atomic mass is 28.3. The first kappa shape index (κ1) is 14.8. The van der Waals surface area contributed by atoms with Crippen molar-refractivity contribution in [3.8, 4) is 0 Å². The average Bonchev–Trinajstić information content (AvgIpc) is 2.32. The summed E-state index contributed by atoms with van der Waals surface area (Å²) in [6, 6.07) is 9.28. The summed E-state index contributed by atoms with van der Waals surface area (Å²) in [4.78, 5) is 0. The van der Waals surface area contributed by atoms with Crippen molar-refractivity contribution in [2.24, 2.45) is 5.41 Å². The Labute approximate surface area is 119 Å². The van der Waals surface area contributed by atoms with Crippen molar-refractivity contribution in [1.29, 1.82) is 0 Å². The van der Waals surface area contributed by atoms with Gasteiger partial charge in [-0.1, -0.05) is 62.4 Å². The van der Waals surface area contributed by atoms with Crippen LogP contribution in [-0.2, 0) is 6.54 Å². The van der Waals surface area contributed by atoms with E-state index in [1.54, 1.807) is 5.19 Å². The molecule has 0 spiro atoms. The first-order valence-electron chi connectivity index (χ1n) is 7.75. The van der Waals surface area contributed by atoms with Crippen molar-refractivity contribution in [2.75, 3.05) is 6.54 Å². The molecule has 0 amide bonds. The highest BCUT2D eigenvalue weighted by Gasteiger charge is 2.34. The van der Waals surface area contributed by atoms with Crippen LogP contribution in [0.1, 0.15) is 38.2 Å². The maximum Gasteiger partial charge on any atom is 0.0775 e. The minimum atomic E-state index is -1.14. The van der Waals surface area contributed by atoms with Crippen LogP contribution < -0.4 is 10.5 Å². The Morgan fingerprint density at radius 3 is 2.16 bits per heavy atom. The number of benzene rings is 1. The summed E-state index contributed by atoms with van der Waals surface area (Å²) in [6.45, 7) is 11.8. The fraction of sp³-hybridized carbons (Fsp3) is 0.647. The molecule has 2 rings (SSSR count). The van der Waals surface area contributed by atoms with Gasteiger partial charge in [0.25, 0.3) is 0 Å². The van der Waals surface area contributed by atoms with Crippen LogP contribution in [-0.4, -0.2) is 14.6 Å². The first-order valence-corrected chi connectivity index (χ1v) is 11.3. The third-order valence-corrected chi connectivity index (χ3v) is 6.88. The van der Waals surface area contributed by atoms with E-state index < -0.39 is 8.07 Å². The first-order chi connectivity index (χ1) is 8.95. The van der Waals surface area contributed by atoms with E-state index >= 15 is 0 Å². The minimum Gasteiger partial charge on any atom is -0.312 e. The van der Waals surface area contributed by atoms with Gasteiger partial charge in [-0.15, -0.1) is 0 Å². The van der Waals surface area contributed by atoms with Crippen LogP contribution in [0.15, 0.2) is 24.3 Å². The van der Waals surface area contributed by atoms with Crippen molar-refractivity contribution in [3.63, 3.8) is 0 Å². The molecule has 1 aliphatic rings. The molecule has 1 aromatic rings. The molecule has 1 N–H and O–H groups in total. The van der Waals surface area contributed by atoms with E-state index in [1.165, 1.54) is 37.8 Å². The van der Waals surface area contributed by atoms with Crippen molar-refractivity contribution in [3.05, 3.63) is 29.8 Å². The van der Waals surface area contributed by atoms with Gasteiger partial charge in [0.2, 0.25) is 0 Å². The van der Waals surface area contributed by atoms with Gasteiger partial charge in [0.15, 0.2) is 0 Å². The molecule has 0 saturated heterocycles. The lowest BCUT2D eigenvalue weighted by atomic mass is 9.67. The van der Waals surface area contributed by atoms with Gasteiger partial charge in [0, 0.05) is 13.1 Å². The van der Waals surface area contributed by atoms with E-state index in [-0.39, 0.29) is 0 Å². The van der Waals surface area contributed by atoms with Gasteiger partial charge in [-0.25, -0.2) is 0 Å². The van der Waals surface area contributed by atoms with Crippen LogP contribution in [0.5, 0.6) is 0 Å². The van der Waals surface area contributed by atoms with Crippen molar-refractivity contribution in [2.45, 2.75) is 58.8 Å². The zero-order valence-corrected chi connectivity index (χ0v) is 14.1. The van der Waals surface area contributed by atoms with E-state index in [9.17, 15) is 0 Å². The van der Waals surface area contributed by atoms with Crippen LogP contribution in [0.4, 0.5) is 0 Å². The predicted octanol–water partition coefficient (Wildman–Crippen LogP) is 3.90. The maximum atomic E-state index is 3.66. The Balaban J connectivity index is 1.83. The van der Waals surface area contributed by atoms with Gasteiger partial charge in [-0.3, -0.25) is 0 Å². The molecule has 1 aromatic carbocycles. The molecule has 1 nitrogen and oxygen atoms in total. The topological polar surface area (TPSA) is 12.0 Å². The second-order valence-corrected chi connectivity index (χ2v) is 12.3. The van der Waals surface area contributed by atoms with Gasteiger partial charge in [-0.05, 0) is 30.2 Å². The molecule has 0 unspecified atom stereocenters. The molecule has 1 aliphatic carbocycles. The lowest BCUT2D eigenvalue weighted by molar-refractivity contribution is 0.124. The van der Waals surface area contributed by atoms with Crippen LogP contribution in [0, 0.1) is 5.41 Å². The van der Waals surface area contributed by atoms with E-state index in [2.05, 4.69) is 56.1 Å². The molecule has 106 valence electrons. The summed E-state index contributed by atoms with van der Waals surface area (Å²) < 4.78 is 0. The van der Waals surface area contributed by atoms with Crippen LogP contribution in [0.25, 0.3) is 0 Å². The number of nitrogens with one attached hydrogen (secondary N) is 1. The van der Waals surface area contributed by atoms with E-state index in [0.717, 1.165) is 6.54 Å². The smallest absolute Gasteiger partial charge is 0.0775 e. The molecule has 0 atom stereocenters.